The Labute approximate surface area is 130 Å². The van der Waals surface area contributed by atoms with Crippen LogP contribution in [0.15, 0.2) is 18.2 Å². The van der Waals surface area contributed by atoms with Gasteiger partial charge in [-0.3, -0.25) is 0 Å². The first-order valence-corrected chi connectivity index (χ1v) is 6.60. The molecule has 0 aliphatic carbocycles. The summed E-state index contributed by atoms with van der Waals surface area (Å²) in [5.41, 5.74) is -5.07. The minimum absolute atomic E-state index is 0.0221. The van der Waals surface area contributed by atoms with Crippen molar-refractivity contribution in [1.82, 2.24) is 0 Å². The summed E-state index contributed by atoms with van der Waals surface area (Å²) >= 11 is 0. The van der Waals surface area contributed by atoms with E-state index in [1.807, 2.05) is 0 Å². The van der Waals surface area contributed by atoms with Crippen molar-refractivity contribution >= 4 is 5.97 Å². The van der Waals surface area contributed by atoms with Crippen molar-refractivity contribution in [2.75, 3.05) is 0 Å². The van der Waals surface area contributed by atoms with Crippen LogP contribution in [0, 0.1) is 18.2 Å². The van der Waals surface area contributed by atoms with E-state index in [9.17, 15) is 27.5 Å². The minimum atomic E-state index is -4.99. The quantitative estimate of drug-likeness (QED) is 0.641. The first-order valence-electron chi connectivity index (χ1n) is 6.60. The molecule has 2 N–H and O–H groups in total. The van der Waals surface area contributed by atoms with Crippen molar-refractivity contribution in [1.29, 1.82) is 0 Å². The fraction of sp³-hybridized carbons (Fsp3) is 0.438. The number of rotatable bonds is 5. The van der Waals surface area contributed by atoms with Crippen molar-refractivity contribution in [3.8, 4) is 12.3 Å². The number of terminal acetylenes is 1. The Hall–Kier alpha value is -2.07. The van der Waals surface area contributed by atoms with Crippen LogP contribution in [0.5, 0.6) is 0 Å². The number of aromatic carboxylic acids is 1. The molecule has 23 heavy (non-hydrogen) atoms. The average Bonchev–Trinajstić information content (AvgIpc) is 2.36. The van der Waals surface area contributed by atoms with Crippen LogP contribution in [0.2, 0.25) is 0 Å². The Balaban J connectivity index is 3.37. The smallest absolute Gasteiger partial charge is 0.418 e. The summed E-state index contributed by atoms with van der Waals surface area (Å²) in [6, 6.07) is 2.79. The van der Waals surface area contributed by atoms with Gasteiger partial charge in [0.2, 0.25) is 0 Å². The molecule has 0 amide bonds. The molecule has 1 atom stereocenters. The van der Waals surface area contributed by atoms with Gasteiger partial charge in [0, 0.05) is 6.42 Å². The number of hydrogen-bond acceptors (Lipinski definition) is 2. The second kappa shape index (κ2) is 6.20. The second-order valence-corrected chi connectivity index (χ2v) is 5.97. The number of hydrogen-bond donors (Lipinski definition) is 2. The molecule has 0 fully saturated rings. The van der Waals surface area contributed by atoms with E-state index < -0.39 is 47.4 Å². The molecule has 0 aliphatic heterocycles. The van der Waals surface area contributed by atoms with Crippen LogP contribution in [-0.4, -0.2) is 28.0 Å². The van der Waals surface area contributed by atoms with E-state index in [1.54, 1.807) is 5.92 Å². The van der Waals surface area contributed by atoms with Crippen LogP contribution < -0.4 is 0 Å². The maximum Gasteiger partial charge on any atom is 0.418 e. The van der Waals surface area contributed by atoms with Crippen LogP contribution in [0.3, 0.4) is 0 Å². The van der Waals surface area contributed by atoms with Crippen LogP contribution in [0.1, 0.15) is 42.6 Å². The molecule has 0 saturated carbocycles. The lowest BCUT2D eigenvalue weighted by molar-refractivity contribution is -0.264. The van der Waals surface area contributed by atoms with Gasteiger partial charge in [-0.25, -0.2) is 9.18 Å². The number of halogens is 4. The Bertz CT molecular complexity index is 644. The first-order chi connectivity index (χ1) is 10.3. The Morgan fingerprint density at radius 1 is 1.30 bits per heavy atom. The van der Waals surface area contributed by atoms with Gasteiger partial charge in [-0.05, 0) is 29.5 Å². The highest BCUT2D eigenvalue weighted by molar-refractivity contribution is 5.89. The highest BCUT2D eigenvalue weighted by Gasteiger charge is 2.55. The molecule has 1 rings (SSSR count). The number of alkyl halides is 3. The molecule has 3 nitrogen and oxygen atoms in total. The highest BCUT2D eigenvalue weighted by atomic mass is 19.4. The predicted octanol–water partition coefficient (Wildman–Crippen LogP) is 3.51. The standard InChI is InChI=1S/C16H16F4O3/c1-4-7-15(23,16(18,19)20)9-14(2,3)12-6-5-10(17)8-11(12)13(21)22/h1,5-6,8,23H,7,9H2,2-3H3,(H,21,22)/t15-/m0/s1. The normalized spacial score (nSPS) is 14.9. The van der Waals surface area contributed by atoms with E-state index in [4.69, 9.17) is 11.5 Å². The van der Waals surface area contributed by atoms with Gasteiger partial charge in [0.05, 0.1) is 5.56 Å². The second-order valence-electron chi connectivity index (χ2n) is 5.97. The highest BCUT2D eigenvalue weighted by Crippen LogP contribution is 2.43. The Kier molecular flexibility index (Phi) is 5.12. The van der Waals surface area contributed by atoms with Crippen molar-refractivity contribution in [3.63, 3.8) is 0 Å². The van der Waals surface area contributed by atoms with Gasteiger partial charge in [0.1, 0.15) is 5.82 Å². The van der Waals surface area contributed by atoms with Gasteiger partial charge < -0.3 is 10.2 Å². The third-order valence-corrected chi connectivity index (χ3v) is 3.60. The number of benzene rings is 1. The molecule has 7 heteroatoms. The van der Waals surface area contributed by atoms with Gasteiger partial charge in [0.25, 0.3) is 0 Å². The van der Waals surface area contributed by atoms with Crippen molar-refractivity contribution in [3.05, 3.63) is 35.1 Å². The lowest BCUT2D eigenvalue weighted by atomic mass is 9.72. The lowest BCUT2D eigenvalue weighted by Gasteiger charge is -2.37. The number of carbonyl (C=O) groups is 1. The van der Waals surface area contributed by atoms with Gasteiger partial charge in [-0.2, -0.15) is 13.2 Å². The topological polar surface area (TPSA) is 57.5 Å². The first kappa shape index (κ1) is 19.0. The molecular weight excluding hydrogens is 316 g/mol. The largest absolute Gasteiger partial charge is 0.478 e. The minimum Gasteiger partial charge on any atom is -0.478 e. The zero-order valence-electron chi connectivity index (χ0n) is 12.5. The van der Waals surface area contributed by atoms with Crippen molar-refractivity contribution in [2.24, 2.45) is 0 Å². The van der Waals surface area contributed by atoms with Crippen LogP contribution >= 0.6 is 0 Å². The average molecular weight is 332 g/mol. The molecule has 0 spiro atoms. The molecule has 1 aromatic rings. The van der Waals surface area contributed by atoms with Gasteiger partial charge in [-0.1, -0.05) is 19.9 Å². The fourth-order valence-corrected chi connectivity index (χ4v) is 2.54. The number of carboxylic acids is 1. The van der Waals surface area contributed by atoms with Gasteiger partial charge in [0.15, 0.2) is 5.60 Å². The summed E-state index contributed by atoms with van der Waals surface area (Å²) in [5, 5.41) is 19.1. The summed E-state index contributed by atoms with van der Waals surface area (Å²) < 4.78 is 52.6. The molecule has 0 aromatic heterocycles. The zero-order chi connectivity index (χ0) is 18.1. The van der Waals surface area contributed by atoms with E-state index in [0.29, 0.717) is 0 Å². The molecular formula is C16H16F4O3. The van der Waals surface area contributed by atoms with Crippen LogP contribution in [-0.2, 0) is 5.41 Å². The monoisotopic (exact) mass is 332 g/mol. The maximum atomic E-state index is 13.2. The third-order valence-electron chi connectivity index (χ3n) is 3.60. The van der Waals surface area contributed by atoms with E-state index in [2.05, 4.69) is 0 Å². The number of aliphatic hydroxyl groups is 1. The number of carboxylic acid groups (broad SMARTS) is 1. The lowest BCUT2D eigenvalue weighted by Crippen LogP contribution is -2.49. The predicted molar refractivity (Wildman–Crippen MR) is 75.5 cm³/mol. The third kappa shape index (κ3) is 4.02. The molecule has 126 valence electrons. The summed E-state index contributed by atoms with van der Waals surface area (Å²) in [6.45, 7) is 2.67. The Morgan fingerprint density at radius 2 is 1.87 bits per heavy atom. The summed E-state index contributed by atoms with van der Waals surface area (Å²) in [6.07, 6.45) is -1.90. The SMILES string of the molecule is C#CC[C@](O)(CC(C)(C)c1ccc(F)cc1C(=O)O)C(F)(F)F. The van der Waals surface area contributed by atoms with Crippen molar-refractivity contribution < 1.29 is 32.6 Å². The van der Waals surface area contributed by atoms with Gasteiger partial charge >= 0.3 is 12.1 Å². The molecule has 0 aliphatic rings. The molecule has 0 heterocycles. The summed E-state index contributed by atoms with van der Waals surface area (Å²) in [4.78, 5) is 11.2. The molecule has 0 saturated heterocycles. The van der Waals surface area contributed by atoms with E-state index in [-0.39, 0.29) is 5.56 Å². The molecule has 0 radical (unpaired) electrons. The maximum absolute atomic E-state index is 13.2. The summed E-state index contributed by atoms with van der Waals surface area (Å²) in [5.74, 6) is -0.506. The van der Waals surface area contributed by atoms with Crippen LogP contribution in [0.4, 0.5) is 17.6 Å². The molecule has 0 bridgehead atoms. The van der Waals surface area contributed by atoms with Gasteiger partial charge in [-0.15, -0.1) is 12.3 Å². The van der Waals surface area contributed by atoms with E-state index in [1.165, 1.54) is 13.8 Å². The molecule has 1 aromatic carbocycles. The van der Waals surface area contributed by atoms with Crippen LogP contribution in [0.25, 0.3) is 0 Å². The molecule has 0 unspecified atom stereocenters. The summed E-state index contributed by atoms with van der Waals surface area (Å²) in [7, 11) is 0. The van der Waals surface area contributed by atoms with Crippen molar-refractivity contribution in [2.45, 2.75) is 43.9 Å². The Morgan fingerprint density at radius 3 is 2.30 bits per heavy atom. The zero-order valence-corrected chi connectivity index (χ0v) is 12.5. The van der Waals surface area contributed by atoms with E-state index >= 15 is 0 Å². The fourth-order valence-electron chi connectivity index (χ4n) is 2.54. The van der Waals surface area contributed by atoms with E-state index in [0.717, 1.165) is 18.2 Å².